The smallest absolute Gasteiger partial charge is 0.252 e. The molecule has 0 aliphatic rings. The molecule has 0 aliphatic heterocycles. The summed E-state index contributed by atoms with van der Waals surface area (Å²) in [6.07, 6.45) is 5.66. The van der Waals surface area contributed by atoms with Crippen LogP contribution in [0.4, 0.5) is 0 Å². The molecule has 0 atom stereocenters. The van der Waals surface area contributed by atoms with Gasteiger partial charge in [0.2, 0.25) is 0 Å². The zero-order chi connectivity index (χ0) is 19.4. The third kappa shape index (κ3) is 4.36. The van der Waals surface area contributed by atoms with Gasteiger partial charge in [0.15, 0.2) is 4.80 Å². The summed E-state index contributed by atoms with van der Waals surface area (Å²) < 4.78 is 7.90. The predicted molar refractivity (Wildman–Crippen MR) is 111 cm³/mol. The molecule has 0 unspecified atom stereocenters. The van der Waals surface area contributed by atoms with Crippen LogP contribution in [0, 0.1) is 12.3 Å². The van der Waals surface area contributed by atoms with Crippen LogP contribution in [0.2, 0.25) is 10.0 Å². The first kappa shape index (κ1) is 19.5. The van der Waals surface area contributed by atoms with Crippen molar-refractivity contribution in [2.75, 3.05) is 6.61 Å². The van der Waals surface area contributed by atoms with Crippen molar-refractivity contribution < 1.29 is 9.53 Å². The van der Waals surface area contributed by atoms with Gasteiger partial charge in [0, 0.05) is 0 Å². The summed E-state index contributed by atoms with van der Waals surface area (Å²) in [7, 11) is 0. The van der Waals surface area contributed by atoms with E-state index in [1.807, 2.05) is 31.2 Å². The molecule has 7 heteroatoms. The molecule has 3 rings (SSSR count). The molecule has 0 N–H and O–H groups in total. The van der Waals surface area contributed by atoms with Crippen LogP contribution in [-0.4, -0.2) is 17.1 Å². The normalized spacial score (nSPS) is 11.6. The Hall–Kier alpha value is -2.26. The molecule has 1 heterocycles. The van der Waals surface area contributed by atoms with Gasteiger partial charge >= 0.3 is 0 Å². The molecule has 0 bridgehead atoms. The number of terminal acetylenes is 1. The van der Waals surface area contributed by atoms with E-state index in [-0.39, 0.29) is 18.9 Å². The summed E-state index contributed by atoms with van der Waals surface area (Å²) in [6.45, 7) is 2.76. The predicted octanol–water partition coefficient (Wildman–Crippen LogP) is 4.71. The van der Waals surface area contributed by atoms with Crippen molar-refractivity contribution in [3.05, 3.63) is 56.8 Å². The van der Waals surface area contributed by atoms with Crippen molar-refractivity contribution in [1.29, 1.82) is 0 Å². The van der Waals surface area contributed by atoms with Crippen molar-refractivity contribution in [2.24, 2.45) is 4.99 Å². The van der Waals surface area contributed by atoms with E-state index in [0.29, 0.717) is 27.0 Å². The summed E-state index contributed by atoms with van der Waals surface area (Å²) in [4.78, 5) is 17.2. The first-order chi connectivity index (χ1) is 13.0. The largest absolute Gasteiger partial charge is 0.494 e. The van der Waals surface area contributed by atoms with E-state index in [1.165, 1.54) is 11.3 Å². The maximum Gasteiger partial charge on any atom is 0.252 e. The molecule has 0 fully saturated rings. The van der Waals surface area contributed by atoms with E-state index in [0.717, 1.165) is 16.0 Å². The van der Waals surface area contributed by atoms with Crippen LogP contribution in [0.15, 0.2) is 41.4 Å². The highest BCUT2D eigenvalue weighted by molar-refractivity contribution is 7.17. The average molecular weight is 419 g/mol. The summed E-state index contributed by atoms with van der Waals surface area (Å²) >= 11 is 13.9. The SMILES string of the molecule is C#CCn1c(=NC(=O)Cc2ccc(OCC)cc2)sc2c(Cl)ccc(Cl)c21. The molecule has 0 radical (unpaired) electrons. The topological polar surface area (TPSA) is 43.6 Å². The highest BCUT2D eigenvalue weighted by Crippen LogP contribution is 2.31. The Labute approximate surface area is 171 Å². The van der Waals surface area contributed by atoms with Crippen molar-refractivity contribution in [1.82, 2.24) is 4.57 Å². The lowest BCUT2D eigenvalue weighted by molar-refractivity contribution is -0.117. The molecule has 138 valence electrons. The molecular weight excluding hydrogens is 403 g/mol. The molecule has 0 saturated carbocycles. The molecule has 0 spiro atoms. The van der Waals surface area contributed by atoms with Crippen LogP contribution >= 0.6 is 34.5 Å². The highest BCUT2D eigenvalue weighted by Gasteiger charge is 2.13. The molecule has 4 nitrogen and oxygen atoms in total. The number of carbonyl (C=O) groups is 1. The van der Waals surface area contributed by atoms with Crippen molar-refractivity contribution >= 4 is 50.7 Å². The Kier molecular flexibility index (Phi) is 6.22. The first-order valence-electron chi connectivity index (χ1n) is 8.23. The minimum absolute atomic E-state index is 0.179. The van der Waals surface area contributed by atoms with Gasteiger partial charge in [-0.25, -0.2) is 0 Å². The molecular formula is C20H16Cl2N2O2S. The summed E-state index contributed by atoms with van der Waals surface area (Å²) in [5.41, 5.74) is 1.55. The number of rotatable bonds is 5. The number of aromatic nitrogens is 1. The maximum absolute atomic E-state index is 12.5. The van der Waals surface area contributed by atoms with Gasteiger partial charge in [0.25, 0.3) is 5.91 Å². The Balaban J connectivity index is 1.96. The van der Waals surface area contributed by atoms with Gasteiger partial charge < -0.3 is 9.30 Å². The number of ether oxygens (including phenoxy) is 1. The second-order valence-electron chi connectivity index (χ2n) is 5.64. The zero-order valence-corrected chi connectivity index (χ0v) is 16.9. The van der Waals surface area contributed by atoms with Crippen LogP contribution in [0.3, 0.4) is 0 Å². The van der Waals surface area contributed by atoms with Crippen molar-refractivity contribution in [2.45, 2.75) is 19.9 Å². The van der Waals surface area contributed by atoms with Gasteiger partial charge in [0.1, 0.15) is 5.75 Å². The summed E-state index contributed by atoms with van der Waals surface area (Å²) in [5.74, 6) is 3.07. The number of hydrogen-bond acceptors (Lipinski definition) is 3. The van der Waals surface area contributed by atoms with Gasteiger partial charge in [0.05, 0.1) is 39.8 Å². The number of nitrogens with zero attached hydrogens (tertiary/aromatic N) is 2. The fourth-order valence-electron chi connectivity index (χ4n) is 2.63. The Bertz CT molecular complexity index is 1090. The molecule has 27 heavy (non-hydrogen) atoms. The van der Waals surface area contributed by atoms with Gasteiger partial charge in [-0.15, -0.1) is 6.42 Å². The monoisotopic (exact) mass is 418 g/mol. The van der Waals surface area contributed by atoms with Crippen LogP contribution in [-0.2, 0) is 17.8 Å². The number of amides is 1. The third-order valence-electron chi connectivity index (χ3n) is 3.79. The molecule has 1 aromatic heterocycles. The summed E-state index contributed by atoms with van der Waals surface area (Å²) in [5, 5.41) is 1.06. The van der Waals surface area contributed by atoms with Gasteiger partial charge in [-0.05, 0) is 36.8 Å². The van der Waals surface area contributed by atoms with Crippen molar-refractivity contribution in [3.8, 4) is 18.1 Å². The number of fused-ring (bicyclic) bond motifs is 1. The second-order valence-corrected chi connectivity index (χ2v) is 7.43. The van der Waals surface area contributed by atoms with E-state index >= 15 is 0 Å². The van der Waals surface area contributed by atoms with Crippen LogP contribution in [0.1, 0.15) is 12.5 Å². The number of thiazole rings is 1. The average Bonchev–Trinajstić information content (AvgIpc) is 3.00. The minimum Gasteiger partial charge on any atom is -0.494 e. The number of carbonyl (C=O) groups excluding carboxylic acids is 1. The van der Waals surface area contributed by atoms with Crippen LogP contribution in [0.5, 0.6) is 5.75 Å². The number of benzene rings is 2. The van der Waals surface area contributed by atoms with Gasteiger partial charge in [-0.2, -0.15) is 4.99 Å². The molecule has 2 aromatic carbocycles. The zero-order valence-electron chi connectivity index (χ0n) is 14.5. The third-order valence-corrected chi connectivity index (χ3v) is 5.63. The number of halogens is 2. The van der Waals surface area contributed by atoms with E-state index < -0.39 is 0 Å². The summed E-state index contributed by atoms with van der Waals surface area (Å²) in [6, 6.07) is 10.8. The Morgan fingerprint density at radius 3 is 2.59 bits per heavy atom. The lowest BCUT2D eigenvalue weighted by Gasteiger charge is -2.04. The molecule has 1 amide bonds. The molecule has 0 aliphatic carbocycles. The fourth-order valence-corrected chi connectivity index (χ4v) is 4.29. The van der Waals surface area contributed by atoms with E-state index in [2.05, 4.69) is 10.9 Å². The lowest BCUT2D eigenvalue weighted by Crippen LogP contribution is -2.17. The Morgan fingerprint density at radius 2 is 1.93 bits per heavy atom. The lowest BCUT2D eigenvalue weighted by atomic mass is 10.1. The second kappa shape index (κ2) is 8.62. The minimum atomic E-state index is -0.274. The standard InChI is InChI=1S/C20H16Cl2N2O2S/c1-3-11-24-18-15(21)9-10-16(22)19(18)27-20(24)23-17(25)12-13-5-7-14(8-6-13)26-4-2/h1,5-10H,4,11-12H2,2H3. The van der Waals surface area contributed by atoms with Crippen molar-refractivity contribution in [3.63, 3.8) is 0 Å². The van der Waals surface area contributed by atoms with Gasteiger partial charge in [-0.3, -0.25) is 4.79 Å². The maximum atomic E-state index is 12.5. The molecule has 0 saturated heterocycles. The van der Waals surface area contributed by atoms with Gasteiger partial charge in [-0.1, -0.05) is 52.6 Å². The van der Waals surface area contributed by atoms with E-state index in [1.54, 1.807) is 16.7 Å². The number of hydrogen-bond donors (Lipinski definition) is 0. The van der Waals surface area contributed by atoms with E-state index in [9.17, 15) is 4.79 Å². The quantitative estimate of drug-likeness (QED) is 0.562. The fraction of sp³-hybridized carbons (Fsp3) is 0.200. The van der Waals surface area contributed by atoms with E-state index in [4.69, 9.17) is 34.4 Å². The van der Waals surface area contributed by atoms with Crippen LogP contribution < -0.4 is 9.54 Å². The van der Waals surface area contributed by atoms with Crippen LogP contribution in [0.25, 0.3) is 10.2 Å². The molecule has 3 aromatic rings. The highest BCUT2D eigenvalue weighted by atomic mass is 35.5. The Morgan fingerprint density at radius 1 is 1.22 bits per heavy atom. The first-order valence-corrected chi connectivity index (χ1v) is 9.80.